The second kappa shape index (κ2) is 3.41. The standard InChI is InChI=1S/C12H10N4/c1-8-10(7-15-16-8)12-9-3-2-5-13-11(9)4-6-14-12/h2-7H,1H3,(H,15,16). The second-order valence-electron chi connectivity index (χ2n) is 3.64. The number of H-pyrrole nitrogens is 1. The van der Waals surface area contributed by atoms with E-state index in [-0.39, 0.29) is 0 Å². The third-order valence-corrected chi connectivity index (χ3v) is 2.61. The summed E-state index contributed by atoms with van der Waals surface area (Å²) in [6.45, 7) is 1.99. The fourth-order valence-corrected chi connectivity index (χ4v) is 1.81. The molecule has 4 nitrogen and oxygen atoms in total. The molecule has 3 rings (SSSR count). The maximum Gasteiger partial charge on any atom is 0.0830 e. The van der Waals surface area contributed by atoms with Crippen LogP contribution in [0.1, 0.15) is 5.69 Å². The third-order valence-electron chi connectivity index (χ3n) is 2.61. The zero-order valence-electron chi connectivity index (χ0n) is 8.81. The van der Waals surface area contributed by atoms with Crippen molar-refractivity contribution in [3.63, 3.8) is 0 Å². The van der Waals surface area contributed by atoms with E-state index < -0.39 is 0 Å². The van der Waals surface area contributed by atoms with E-state index in [1.165, 1.54) is 0 Å². The lowest BCUT2D eigenvalue weighted by Gasteiger charge is -2.03. The number of nitrogens with one attached hydrogen (secondary N) is 1. The molecule has 0 aliphatic heterocycles. The number of rotatable bonds is 1. The average Bonchev–Trinajstić information content (AvgIpc) is 2.75. The quantitative estimate of drug-likeness (QED) is 0.670. The lowest BCUT2D eigenvalue weighted by molar-refractivity contribution is 1.05. The van der Waals surface area contributed by atoms with Crippen LogP contribution < -0.4 is 0 Å². The van der Waals surface area contributed by atoms with Crippen molar-refractivity contribution < 1.29 is 0 Å². The van der Waals surface area contributed by atoms with E-state index in [2.05, 4.69) is 20.2 Å². The van der Waals surface area contributed by atoms with Crippen molar-refractivity contribution >= 4 is 10.9 Å². The molecule has 0 fully saturated rings. The molecule has 0 bridgehead atoms. The first-order valence-corrected chi connectivity index (χ1v) is 5.06. The molecule has 78 valence electrons. The van der Waals surface area contributed by atoms with Crippen molar-refractivity contribution in [3.05, 3.63) is 42.5 Å². The molecule has 0 saturated heterocycles. The van der Waals surface area contributed by atoms with Gasteiger partial charge in [0.25, 0.3) is 0 Å². The lowest BCUT2D eigenvalue weighted by Crippen LogP contribution is -1.87. The van der Waals surface area contributed by atoms with E-state index in [4.69, 9.17) is 0 Å². The second-order valence-corrected chi connectivity index (χ2v) is 3.64. The molecule has 0 saturated carbocycles. The summed E-state index contributed by atoms with van der Waals surface area (Å²) in [5.41, 5.74) is 3.92. The van der Waals surface area contributed by atoms with Crippen molar-refractivity contribution in [3.8, 4) is 11.3 Å². The molecule has 0 amide bonds. The number of fused-ring (bicyclic) bond motifs is 1. The number of hydrogen-bond donors (Lipinski definition) is 1. The van der Waals surface area contributed by atoms with Crippen LogP contribution in [0.25, 0.3) is 22.2 Å². The summed E-state index contributed by atoms with van der Waals surface area (Å²) in [6.07, 6.45) is 5.36. The number of aromatic nitrogens is 4. The Morgan fingerprint density at radius 1 is 1.12 bits per heavy atom. The molecule has 4 heteroatoms. The molecule has 3 heterocycles. The molecular weight excluding hydrogens is 200 g/mol. The zero-order valence-corrected chi connectivity index (χ0v) is 8.81. The minimum Gasteiger partial charge on any atom is -0.282 e. The maximum absolute atomic E-state index is 4.41. The Labute approximate surface area is 92.4 Å². The monoisotopic (exact) mass is 210 g/mol. The number of hydrogen-bond acceptors (Lipinski definition) is 3. The van der Waals surface area contributed by atoms with Crippen LogP contribution in [0.4, 0.5) is 0 Å². The van der Waals surface area contributed by atoms with E-state index in [1.807, 2.05) is 25.1 Å². The van der Waals surface area contributed by atoms with Gasteiger partial charge >= 0.3 is 0 Å². The fourth-order valence-electron chi connectivity index (χ4n) is 1.81. The topological polar surface area (TPSA) is 54.5 Å². The predicted molar refractivity (Wildman–Crippen MR) is 61.9 cm³/mol. The highest BCUT2D eigenvalue weighted by Gasteiger charge is 2.09. The molecule has 0 aliphatic rings. The minimum atomic E-state index is 0.928. The summed E-state index contributed by atoms with van der Waals surface area (Å²) in [4.78, 5) is 8.72. The van der Waals surface area contributed by atoms with Gasteiger partial charge in [-0.2, -0.15) is 5.10 Å². The fraction of sp³-hybridized carbons (Fsp3) is 0.0833. The van der Waals surface area contributed by atoms with Crippen LogP contribution in [0, 0.1) is 6.92 Å². The number of aromatic amines is 1. The van der Waals surface area contributed by atoms with Crippen LogP contribution in [0.3, 0.4) is 0 Å². The smallest absolute Gasteiger partial charge is 0.0830 e. The van der Waals surface area contributed by atoms with Crippen LogP contribution in [-0.4, -0.2) is 20.2 Å². The van der Waals surface area contributed by atoms with E-state index in [0.717, 1.165) is 27.9 Å². The summed E-state index contributed by atoms with van der Waals surface area (Å²) in [7, 11) is 0. The zero-order chi connectivity index (χ0) is 11.0. The Morgan fingerprint density at radius 2 is 2.06 bits per heavy atom. The molecule has 0 aliphatic carbocycles. The van der Waals surface area contributed by atoms with Gasteiger partial charge in [-0.15, -0.1) is 0 Å². The number of nitrogens with zero attached hydrogens (tertiary/aromatic N) is 3. The van der Waals surface area contributed by atoms with Crippen molar-refractivity contribution in [2.24, 2.45) is 0 Å². The molecule has 0 unspecified atom stereocenters. The first-order valence-electron chi connectivity index (χ1n) is 5.06. The molecule has 0 spiro atoms. The average molecular weight is 210 g/mol. The first-order chi connectivity index (χ1) is 7.86. The van der Waals surface area contributed by atoms with Gasteiger partial charge in [0.1, 0.15) is 0 Å². The van der Waals surface area contributed by atoms with E-state index >= 15 is 0 Å². The van der Waals surface area contributed by atoms with Gasteiger partial charge in [0.2, 0.25) is 0 Å². The number of aryl methyl sites for hydroxylation is 1. The molecule has 1 N–H and O–H groups in total. The van der Waals surface area contributed by atoms with Crippen LogP contribution in [0.15, 0.2) is 36.8 Å². The summed E-state index contributed by atoms with van der Waals surface area (Å²) in [5.74, 6) is 0. The minimum absolute atomic E-state index is 0.928. The van der Waals surface area contributed by atoms with Crippen molar-refractivity contribution in [1.29, 1.82) is 0 Å². The van der Waals surface area contributed by atoms with Gasteiger partial charge in [-0.05, 0) is 25.1 Å². The summed E-state index contributed by atoms with van der Waals surface area (Å²) in [6, 6.07) is 5.86. The van der Waals surface area contributed by atoms with Crippen LogP contribution in [0.2, 0.25) is 0 Å². The Bertz CT molecular complexity index is 637. The summed E-state index contributed by atoms with van der Waals surface area (Å²) >= 11 is 0. The van der Waals surface area contributed by atoms with E-state index in [1.54, 1.807) is 18.6 Å². The molecule has 3 aromatic rings. The molecule has 0 aromatic carbocycles. The van der Waals surface area contributed by atoms with Crippen LogP contribution in [0.5, 0.6) is 0 Å². The van der Waals surface area contributed by atoms with Gasteiger partial charge in [0, 0.05) is 29.0 Å². The molecule has 16 heavy (non-hydrogen) atoms. The highest BCUT2D eigenvalue weighted by atomic mass is 15.1. The molecule has 3 aromatic heterocycles. The van der Waals surface area contributed by atoms with Crippen LogP contribution >= 0.6 is 0 Å². The van der Waals surface area contributed by atoms with Gasteiger partial charge in [-0.1, -0.05) is 0 Å². The number of pyridine rings is 2. The summed E-state index contributed by atoms with van der Waals surface area (Å²) < 4.78 is 0. The van der Waals surface area contributed by atoms with Crippen LogP contribution in [-0.2, 0) is 0 Å². The van der Waals surface area contributed by atoms with Gasteiger partial charge in [-0.25, -0.2) is 0 Å². The van der Waals surface area contributed by atoms with Crippen molar-refractivity contribution in [2.45, 2.75) is 6.92 Å². The van der Waals surface area contributed by atoms with Crippen molar-refractivity contribution in [1.82, 2.24) is 20.2 Å². The molecular formula is C12H10N4. The van der Waals surface area contributed by atoms with Gasteiger partial charge in [0.15, 0.2) is 0 Å². The largest absolute Gasteiger partial charge is 0.282 e. The van der Waals surface area contributed by atoms with Gasteiger partial charge in [-0.3, -0.25) is 15.1 Å². The normalized spacial score (nSPS) is 10.8. The Morgan fingerprint density at radius 3 is 2.88 bits per heavy atom. The highest BCUT2D eigenvalue weighted by molar-refractivity contribution is 5.92. The van der Waals surface area contributed by atoms with E-state index in [9.17, 15) is 0 Å². The van der Waals surface area contributed by atoms with E-state index in [0.29, 0.717) is 0 Å². The Hall–Kier alpha value is -2.23. The van der Waals surface area contributed by atoms with Gasteiger partial charge < -0.3 is 0 Å². The highest BCUT2D eigenvalue weighted by Crippen LogP contribution is 2.26. The Balaban J connectivity index is 2.36. The maximum atomic E-state index is 4.41. The van der Waals surface area contributed by atoms with Crippen molar-refractivity contribution in [2.75, 3.05) is 0 Å². The molecule has 0 radical (unpaired) electrons. The third kappa shape index (κ3) is 1.27. The Kier molecular flexibility index (Phi) is 1.93. The van der Waals surface area contributed by atoms with Gasteiger partial charge in [0.05, 0.1) is 17.4 Å². The predicted octanol–water partition coefficient (Wildman–Crippen LogP) is 2.33. The molecule has 0 atom stereocenters. The lowest BCUT2D eigenvalue weighted by atomic mass is 10.1. The SMILES string of the molecule is Cc1[nH]ncc1-c1nccc2ncccc12. The first kappa shape index (κ1) is 9.03. The summed E-state index contributed by atoms with van der Waals surface area (Å²) in [5, 5.41) is 7.99.